The molecule has 0 aliphatic carbocycles. The molecule has 0 aromatic heterocycles. The van der Waals surface area contributed by atoms with Crippen molar-refractivity contribution in [1.82, 2.24) is 9.80 Å². The van der Waals surface area contributed by atoms with Gasteiger partial charge in [0.1, 0.15) is 13.2 Å². The molecule has 0 radical (unpaired) electrons. The van der Waals surface area contributed by atoms with E-state index in [0.717, 1.165) is 36.6 Å². The molecular weight excluding hydrogens is 320 g/mol. The van der Waals surface area contributed by atoms with Crippen LogP contribution < -0.4 is 9.47 Å². The summed E-state index contributed by atoms with van der Waals surface area (Å²) >= 11 is 0. The van der Waals surface area contributed by atoms with Gasteiger partial charge in [-0.1, -0.05) is 6.07 Å². The zero-order valence-electron chi connectivity index (χ0n) is 15.4. The fourth-order valence-electron chi connectivity index (χ4n) is 3.52. The maximum absolute atomic E-state index is 12.5. The van der Waals surface area contributed by atoms with Crippen LogP contribution in [0.2, 0.25) is 0 Å². The summed E-state index contributed by atoms with van der Waals surface area (Å²) in [6, 6.07) is 6.29. The normalized spacial score (nSPS) is 22.8. The topological polar surface area (TPSA) is 51.2 Å². The number of methoxy groups -OCH3 is 1. The summed E-state index contributed by atoms with van der Waals surface area (Å²) in [5.74, 6) is 1.74. The van der Waals surface area contributed by atoms with Gasteiger partial charge < -0.3 is 19.1 Å². The number of nitrogens with zero attached hydrogens (tertiary/aromatic N) is 2. The fraction of sp³-hybridized carbons (Fsp3) is 0.632. The molecule has 25 heavy (non-hydrogen) atoms. The summed E-state index contributed by atoms with van der Waals surface area (Å²) in [4.78, 5) is 16.6. The molecule has 6 heteroatoms. The van der Waals surface area contributed by atoms with Gasteiger partial charge in [-0.2, -0.15) is 0 Å². The number of fused-ring (bicyclic) bond motifs is 1. The number of likely N-dealkylation sites (tertiary alicyclic amines) is 1. The molecule has 138 valence electrons. The number of likely N-dealkylation sites (N-methyl/N-ethyl adjacent to an activating group) is 2. The second kappa shape index (κ2) is 8.06. The van der Waals surface area contributed by atoms with Crippen LogP contribution in [-0.4, -0.2) is 75.4 Å². The maximum atomic E-state index is 12.5. The first-order valence-electron chi connectivity index (χ1n) is 8.92. The molecule has 3 rings (SSSR count). The predicted octanol–water partition coefficient (Wildman–Crippen LogP) is 1.57. The van der Waals surface area contributed by atoms with Crippen molar-refractivity contribution in [2.45, 2.75) is 31.4 Å². The van der Waals surface area contributed by atoms with Gasteiger partial charge in [0.25, 0.3) is 0 Å². The monoisotopic (exact) mass is 348 g/mol. The number of ether oxygens (including phenoxy) is 3. The van der Waals surface area contributed by atoms with E-state index in [-0.39, 0.29) is 12.0 Å². The van der Waals surface area contributed by atoms with Gasteiger partial charge in [0, 0.05) is 39.7 Å². The van der Waals surface area contributed by atoms with Crippen LogP contribution in [0.1, 0.15) is 18.4 Å². The summed E-state index contributed by atoms with van der Waals surface area (Å²) in [7, 11) is 5.74. The van der Waals surface area contributed by atoms with Crippen molar-refractivity contribution >= 4 is 5.91 Å². The number of aryl methyl sites for hydroxylation is 1. The number of carbonyl (C=O) groups is 1. The van der Waals surface area contributed by atoms with Crippen LogP contribution in [0.15, 0.2) is 18.2 Å². The van der Waals surface area contributed by atoms with Crippen molar-refractivity contribution < 1.29 is 19.0 Å². The van der Waals surface area contributed by atoms with Gasteiger partial charge in [-0.25, -0.2) is 0 Å². The van der Waals surface area contributed by atoms with E-state index in [1.807, 2.05) is 30.1 Å². The van der Waals surface area contributed by atoms with E-state index in [4.69, 9.17) is 14.2 Å². The second-order valence-electron chi connectivity index (χ2n) is 6.94. The zero-order chi connectivity index (χ0) is 17.8. The molecule has 1 fully saturated rings. The molecule has 0 unspecified atom stereocenters. The second-order valence-corrected chi connectivity index (χ2v) is 6.94. The minimum Gasteiger partial charge on any atom is -0.486 e. The lowest BCUT2D eigenvalue weighted by Crippen LogP contribution is -2.39. The molecule has 0 saturated carbocycles. The smallest absolute Gasteiger partial charge is 0.222 e. The van der Waals surface area contributed by atoms with Crippen molar-refractivity contribution in [1.29, 1.82) is 0 Å². The summed E-state index contributed by atoms with van der Waals surface area (Å²) in [6.45, 7) is 2.85. The Morgan fingerprint density at radius 2 is 2.08 bits per heavy atom. The predicted molar refractivity (Wildman–Crippen MR) is 95.2 cm³/mol. The molecular formula is C19H28N2O4. The molecule has 1 aromatic rings. The van der Waals surface area contributed by atoms with E-state index in [9.17, 15) is 4.79 Å². The van der Waals surface area contributed by atoms with E-state index < -0.39 is 0 Å². The number of hydrogen-bond donors (Lipinski definition) is 0. The number of hydrogen-bond acceptors (Lipinski definition) is 5. The zero-order valence-corrected chi connectivity index (χ0v) is 15.4. The van der Waals surface area contributed by atoms with Gasteiger partial charge in [0.2, 0.25) is 5.91 Å². The Bertz CT molecular complexity index is 607. The highest BCUT2D eigenvalue weighted by Crippen LogP contribution is 2.31. The highest BCUT2D eigenvalue weighted by molar-refractivity contribution is 5.76. The Morgan fingerprint density at radius 1 is 1.32 bits per heavy atom. The molecule has 0 spiro atoms. The molecule has 0 bridgehead atoms. The molecule has 2 heterocycles. The Balaban J connectivity index is 1.49. The average Bonchev–Trinajstić information content (AvgIpc) is 2.99. The molecule has 1 aromatic carbocycles. The molecule has 1 amide bonds. The molecule has 0 N–H and O–H groups in total. The van der Waals surface area contributed by atoms with Crippen LogP contribution in [0.3, 0.4) is 0 Å². The van der Waals surface area contributed by atoms with Gasteiger partial charge in [-0.05, 0) is 37.6 Å². The first-order chi connectivity index (χ1) is 12.1. The molecule has 2 aliphatic rings. The third kappa shape index (κ3) is 4.44. The quantitative estimate of drug-likeness (QED) is 0.781. The van der Waals surface area contributed by atoms with Gasteiger partial charge >= 0.3 is 0 Å². The van der Waals surface area contributed by atoms with Crippen molar-refractivity contribution in [3.05, 3.63) is 23.8 Å². The lowest BCUT2D eigenvalue weighted by Gasteiger charge is -2.25. The molecule has 1 saturated heterocycles. The Hall–Kier alpha value is -1.79. The van der Waals surface area contributed by atoms with Crippen molar-refractivity contribution in [3.63, 3.8) is 0 Å². The maximum Gasteiger partial charge on any atom is 0.222 e. The van der Waals surface area contributed by atoms with Crippen LogP contribution in [0.5, 0.6) is 11.5 Å². The minimum absolute atomic E-state index is 0.171. The lowest BCUT2D eigenvalue weighted by molar-refractivity contribution is -0.130. The van der Waals surface area contributed by atoms with E-state index in [0.29, 0.717) is 32.1 Å². The summed E-state index contributed by atoms with van der Waals surface area (Å²) in [6.07, 6.45) is 2.46. The highest BCUT2D eigenvalue weighted by atomic mass is 16.6. The Kier molecular flexibility index (Phi) is 5.81. The van der Waals surface area contributed by atoms with E-state index >= 15 is 0 Å². The third-order valence-electron chi connectivity index (χ3n) is 5.13. The third-order valence-corrected chi connectivity index (χ3v) is 5.13. The first kappa shape index (κ1) is 18.0. The number of carbonyl (C=O) groups excluding carboxylic acids is 1. The van der Waals surface area contributed by atoms with E-state index in [1.54, 1.807) is 7.11 Å². The summed E-state index contributed by atoms with van der Waals surface area (Å²) in [5.41, 5.74) is 1.10. The van der Waals surface area contributed by atoms with E-state index in [2.05, 4.69) is 11.9 Å². The standard InChI is InChI=1S/C19H28N2O4/c1-20-13-16(23-3)11-15(20)12-21(2)19(22)7-5-14-4-6-17-18(10-14)25-9-8-24-17/h4,6,10,15-16H,5,7-9,11-13H2,1-3H3/t15-,16-/m0/s1. The summed E-state index contributed by atoms with van der Waals surface area (Å²) < 4.78 is 16.6. The SMILES string of the molecule is CO[C@H]1C[C@@H](CN(C)C(=O)CCc2ccc3c(c2)OCCO3)N(C)C1. The van der Waals surface area contributed by atoms with Gasteiger partial charge in [-0.3, -0.25) is 9.69 Å². The van der Waals surface area contributed by atoms with Gasteiger partial charge in [0.15, 0.2) is 11.5 Å². The number of rotatable bonds is 6. The van der Waals surface area contributed by atoms with Crippen molar-refractivity contribution in [2.75, 3.05) is 47.5 Å². The number of benzene rings is 1. The fourth-order valence-corrected chi connectivity index (χ4v) is 3.52. The largest absolute Gasteiger partial charge is 0.486 e. The summed E-state index contributed by atoms with van der Waals surface area (Å²) in [5, 5.41) is 0. The first-order valence-corrected chi connectivity index (χ1v) is 8.92. The van der Waals surface area contributed by atoms with E-state index in [1.165, 1.54) is 0 Å². The number of amides is 1. The Morgan fingerprint density at radius 3 is 2.80 bits per heavy atom. The average molecular weight is 348 g/mol. The van der Waals surface area contributed by atoms with Gasteiger partial charge in [0.05, 0.1) is 6.10 Å². The molecule has 6 nitrogen and oxygen atoms in total. The lowest BCUT2D eigenvalue weighted by atomic mass is 10.1. The highest BCUT2D eigenvalue weighted by Gasteiger charge is 2.30. The molecule has 2 atom stereocenters. The van der Waals surface area contributed by atoms with Crippen LogP contribution in [0.4, 0.5) is 0 Å². The van der Waals surface area contributed by atoms with Crippen molar-refractivity contribution in [3.8, 4) is 11.5 Å². The molecule has 2 aliphatic heterocycles. The van der Waals surface area contributed by atoms with Crippen LogP contribution in [0.25, 0.3) is 0 Å². The minimum atomic E-state index is 0.171. The van der Waals surface area contributed by atoms with Crippen molar-refractivity contribution in [2.24, 2.45) is 0 Å². The van der Waals surface area contributed by atoms with Crippen LogP contribution in [-0.2, 0) is 16.0 Å². The van der Waals surface area contributed by atoms with Gasteiger partial charge in [-0.15, -0.1) is 0 Å². The van der Waals surface area contributed by atoms with Crippen LogP contribution in [0, 0.1) is 0 Å². The Labute approximate surface area is 149 Å². The van der Waals surface area contributed by atoms with Crippen LogP contribution >= 0.6 is 0 Å².